The van der Waals surface area contributed by atoms with Crippen molar-refractivity contribution in [3.63, 3.8) is 0 Å². The molecule has 1 saturated heterocycles. The predicted molar refractivity (Wildman–Crippen MR) is 126 cm³/mol. The smallest absolute Gasteiger partial charge is 0.254 e. The first-order valence-corrected chi connectivity index (χ1v) is 11.1. The van der Waals surface area contributed by atoms with E-state index in [0.717, 1.165) is 52.1 Å². The van der Waals surface area contributed by atoms with Gasteiger partial charge in [0.15, 0.2) is 0 Å². The number of piperazine rings is 1. The van der Waals surface area contributed by atoms with Gasteiger partial charge in [0.05, 0.1) is 17.8 Å². The van der Waals surface area contributed by atoms with Crippen molar-refractivity contribution in [1.29, 1.82) is 0 Å². The van der Waals surface area contributed by atoms with Crippen LogP contribution in [0.25, 0.3) is 10.9 Å². The molecule has 32 heavy (non-hydrogen) atoms. The molecule has 0 radical (unpaired) electrons. The van der Waals surface area contributed by atoms with E-state index in [2.05, 4.69) is 22.1 Å². The van der Waals surface area contributed by atoms with E-state index >= 15 is 0 Å². The zero-order valence-corrected chi connectivity index (χ0v) is 19.0. The fraction of sp³-hybridized carbons (Fsp3) is 0.400. The number of aliphatic hydroxyl groups excluding tert-OH is 1. The van der Waals surface area contributed by atoms with Crippen LogP contribution in [-0.4, -0.2) is 65.1 Å². The third-order valence-corrected chi connectivity index (χ3v) is 6.51. The Bertz CT molecular complexity index is 1130. The number of carbonyl (C=O) groups excluding carboxylic acids is 1. The fourth-order valence-corrected chi connectivity index (χ4v) is 4.37. The van der Waals surface area contributed by atoms with Gasteiger partial charge in [0.1, 0.15) is 5.82 Å². The van der Waals surface area contributed by atoms with E-state index in [-0.39, 0.29) is 18.3 Å². The molecule has 2 heterocycles. The number of nitrogens with one attached hydrogen (secondary N) is 2. The molecular weight excluding hydrogens is 407 g/mol. The van der Waals surface area contributed by atoms with Gasteiger partial charge < -0.3 is 20.3 Å². The quantitative estimate of drug-likeness (QED) is 0.550. The molecule has 0 spiro atoms. The van der Waals surface area contributed by atoms with Crippen molar-refractivity contribution in [2.45, 2.75) is 27.3 Å². The standard InChI is InChI=1S/C25H31FN4O2/c1-16-12-21(26)5-4-19(16)15-27-23-14-20(13-22-17(2)18(3)28-24(22)23)25(32)30-8-6-29(7-9-30)10-11-31/h4-5,12-14,27-28,31H,6-11,15H2,1-3H3. The van der Waals surface area contributed by atoms with E-state index in [4.69, 9.17) is 5.11 Å². The second-order valence-corrected chi connectivity index (χ2v) is 8.60. The van der Waals surface area contributed by atoms with E-state index in [1.165, 1.54) is 12.1 Å². The number of aromatic amines is 1. The highest BCUT2D eigenvalue weighted by molar-refractivity contribution is 6.03. The zero-order chi connectivity index (χ0) is 22.8. The van der Waals surface area contributed by atoms with Gasteiger partial charge in [-0.2, -0.15) is 0 Å². The number of rotatable bonds is 6. The molecular formula is C25H31FN4O2. The van der Waals surface area contributed by atoms with Crippen molar-refractivity contribution in [2.75, 3.05) is 44.6 Å². The maximum Gasteiger partial charge on any atom is 0.254 e. The highest BCUT2D eigenvalue weighted by Crippen LogP contribution is 2.31. The predicted octanol–water partition coefficient (Wildman–Crippen LogP) is 3.59. The van der Waals surface area contributed by atoms with E-state index in [1.807, 2.05) is 30.9 Å². The Kier molecular flexibility index (Phi) is 6.48. The van der Waals surface area contributed by atoms with Gasteiger partial charge in [0.2, 0.25) is 0 Å². The third kappa shape index (κ3) is 4.49. The summed E-state index contributed by atoms with van der Waals surface area (Å²) in [6, 6.07) is 8.69. The number of β-amino-alcohol motifs (C(OH)–C–C–N with tert-alkyl or cyclic N) is 1. The highest BCUT2D eigenvalue weighted by Gasteiger charge is 2.23. The molecule has 1 amide bonds. The van der Waals surface area contributed by atoms with Crippen LogP contribution in [0.15, 0.2) is 30.3 Å². The monoisotopic (exact) mass is 438 g/mol. The molecule has 0 saturated carbocycles. The van der Waals surface area contributed by atoms with Gasteiger partial charge >= 0.3 is 0 Å². The molecule has 1 fully saturated rings. The van der Waals surface area contributed by atoms with Gasteiger partial charge in [-0.1, -0.05) is 6.07 Å². The van der Waals surface area contributed by atoms with Gasteiger partial charge in [-0.15, -0.1) is 0 Å². The second kappa shape index (κ2) is 9.30. The summed E-state index contributed by atoms with van der Waals surface area (Å²) in [5, 5.41) is 13.6. The minimum atomic E-state index is -0.240. The maximum atomic E-state index is 13.5. The molecule has 1 aliphatic heterocycles. The first kappa shape index (κ1) is 22.3. The minimum Gasteiger partial charge on any atom is -0.395 e. The zero-order valence-electron chi connectivity index (χ0n) is 19.0. The first-order valence-electron chi connectivity index (χ1n) is 11.1. The number of H-pyrrole nitrogens is 1. The van der Waals surface area contributed by atoms with Gasteiger partial charge in [-0.25, -0.2) is 4.39 Å². The topological polar surface area (TPSA) is 71.6 Å². The van der Waals surface area contributed by atoms with Gasteiger partial charge in [0, 0.05) is 55.9 Å². The van der Waals surface area contributed by atoms with Crippen LogP contribution in [0.4, 0.5) is 10.1 Å². The lowest BCUT2D eigenvalue weighted by atomic mass is 10.0. The molecule has 0 atom stereocenters. The Morgan fingerprint density at radius 2 is 1.88 bits per heavy atom. The number of hydrogen-bond donors (Lipinski definition) is 3. The first-order chi connectivity index (χ1) is 15.4. The van der Waals surface area contributed by atoms with E-state index in [9.17, 15) is 9.18 Å². The van der Waals surface area contributed by atoms with Gasteiger partial charge in [-0.3, -0.25) is 9.69 Å². The molecule has 1 aliphatic rings. The summed E-state index contributed by atoms with van der Waals surface area (Å²) in [7, 11) is 0. The number of amides is 1. The van der Waals surface area contributed by atoms with Crippen LogP contribution in [0.2, 0.25) is 0 Å². The summed E-state index contributed by atoms with van der Waals surface area (Å²) in [5.41, 5.74) is 6.60. The average molecular weight is 439 g/mol. The van der Waals surface area contributed by atoms with Crippen molar-refractivity contribution in [3.05, 3.63) is 64.1 Å². The lowest BCUT2D eigenvalue weighted by Gasteiger charge is -2.34. The Morgan fingerprint density at radius 1 is 1.12 bits per heavy atom. The summed E-state index contributed by atoms with van der Waals surface area (Å²) >= 11 is 0. The molecule has 0 unspecified atom stereocenters. The number of nitrogens with zero attached hydrogens (tertiary/aromatic N) is 2. The summed E-state index contributed by atoms with van der Waals surface area (Å²) in [4.78, 5) is 20.8. The van der Waals surface area contributed by atoms with Crippen molar-refractivity contribution in [3.8, 4) is 0 Å². The molecule has 3 aromatic rings. The minimum absolute atomic E-state index is 0.0230. The fourth-order valence-electron chi connectivity index (χ4n) is 4.37. The number of aryl methyl sites for hydroxylation is 3. The summed E-state index contributed by atoms with van der Waals surface area (Å²) in [6.07, 6.45) is 0. The molecule has 0 aliphatic carbocycles. The number of aliphatic hydroxyl groups is 1. The van der Waals surface area contributed by atoms with Crippen LogP contribution >= 0.6 is 0 Å². The highest BCUT2D eigenvalue weighted by atomic mass is 19.1. The second-order valence-electron chi connectivity index (χ2n) is 8.60. The van der Waals surface area contributed by atoms with Crippen LogP contribution < -0.4 is 5.32 Å². The molecule has 1 aromatic heterocycles. The third-order valence-electron chi connectivity index (χ3n) is 6.51. The number of carbonyl (C=O) groups is 1. The number of anilines is 1. The largest absolute Gasteiger partial charge is 0.395 e. The van der Waals surface area contributed by atoms with Gasteiger partial charge in [-0.05, 0) is 61.7 Å². The SMILES string of the molecule is Cc1cc(F)ccc1CNc1cc(C(=O)N2CCN(CCO)CC2)cc2c(C)c(C)[nH]c12. The molecule has 3 N–H and O–H groups in total. The number of benzene rings is 2. The van der Waals surface area contributed by atoms with Crippen molar-refractivity contribution >= 4 is 22.5 Å². The normalized spacial score (nSPS) is 14.8. The lowest BCUT2D eigenvalue weighted by Crippen LogP contribution is -2.49. The molecule has 7 heteroatoms. The average Bonchev–Trinajstić information content (AvgIpc) is 3.07. The van der Waals surface area contributed by atoms with Crippen LogP contribution in [-0.2, 0) is 6.54 Å². The molecule has 2 aromatic carbocycles. The van der Waals surface area contributed by atoms with Crippen molar-refractivity contribution in [1.82, 2.24) is 14.8 Å². The van der Waals surface area contributed by atoms with E-state index in [0.29, 0.717) is 31.7 Å². The molecule has 170 valence electrons. The number of aromatic nitrogens is 1. The maximum absolute atomic E-state index is 13.5. The summed E-state index contributed by atoms with van der Waals surface area (Å²) in [5.74, 6) is -0.217. The number of fused-ring (bicyclic) bond motifs is 1. The summed E-state index contributed by atoms with van der Waals surface area (Å²) in [6.45, 7) is 10.2. The lowest BCUT2D eigenvalue weighted by molar-refractivity contribution is 0.0615. The van der Waals surface area contributed by atoms with Crippen LogP contribution in [0, 0.1) is 26.6 Å². The van der Waals surface area contributed by atoms with Crippen molar-refractivity contribution < 1.29 is 14.3 Å². The van der Waals surface area contributed by atoms with Crippen LogP contribution in [0.3, 0.4) is 0 Å². The van der Waals surface area contributed by atoms with Gasteiger partial charge in [0.25, 0.3) is 5.91 Å². The Labute approximate surface area is 188 Å². The van der Waals surface area contributed by atoms with E-state index in [1.54, 1.807) is 6.07 Å². The van der Waals surface area contributed by atoms with E-state index < -0.39 is 0 Å². The summed E-state index contributed by atoms with van der Waals surface area (Å²) < 4.78 is 13.5. The Morgan fingerprint density at radius 3 is 2.56 bits per heavy atom. The van der Waals surface area contributed by atoms with Crippen molar-refractivity contribution in [2.24, 2.45) is 0 Å². The number of halogens is 1. The molecule has 4 rings (SSSR count). The van der Waals surface area contributed by atoms with Crippen LogP contribution in [0.1, 0.15) is 32.7 Å². The Balaban J connectivity index is 1.61. The van der Waals surface area contributed by atoms with Crippen LogP contribution in [0.5, 0.6) is 0 Å². The Hall–Kier alpha value is -2.90. The number of hydrogen-bond acceptors (Lipinski definition) is 4. The molecule has 6 nitrogen and oxygen atoms in total. The molecule has 0 bridgehead atoms.